The van der Waals surface area contributed by atoms with Crippen LogP contribution in [0, 0.1) is 0 Å². The largest absolute Gasteiger partial charge is 0.338 e. The molecule has 2 aliphatic rings. The van der Waals surface area contributed by atoms with Gasteiger partial charge < -0.3 is 4.90 Å². The molecular formula is C14H27N3O3S. The van der Waals surface area contributed by atoms with E-state index in [1.54, 1.807) is 13.8 Å². The fourth-order valence-electron chi connectivity index (χ4n) is 2.99. The average Bonchev–Trinajstić information content (AvgIpc) is 3.17. The summed E-state index contributed by atoms with van der Waals surface area (Å²) in [5.41, 5.74) is 0. The van der Waals surface area contributed by atoms with Gasteiger partial charge in [0.25, 0.3) is 0 Å². The number of carbonyl (C=O) groups is 1. The van der Waals surface area contributed by atoms with E-state index in [1.165, 1.54) is 0 Å². The Kier molecular flexibility index (Phi) is 5.62. The molecule has 0 bridgehead atoms. The maximum atomic E-state index is 11.7. The molecule has 1 amide bonds. The second-order valence-electron chi connectivity index (χ2n) is 6.03. The highest BCUT2D eigenvalue weighted by Crippen LogP contribution is 2.29. The third-order valence-electron chi connectivity index (χ3n) is 4.40. The van der Waals surface area contributed by atoms with E-state index in [-0.39, 0.29) is 11.7 Å². The van der Waals surface area contributed by atoms with E-state index in [0.29, 0.717) is 18.6 Å². The summed E-state index contributed by atoms with van der Waals surface area (Å²) in [6, 6.07) is 0.823. The van der Waals surface area contributed by atoms with E-state index in [9.17, 15) is 13.2 Å². The molecule has 1 N–H and O–H groups in total. The minimum Gasteiger partial charge on any atom is -0.338 e. The van der Waals surface area contributed by atoms with E-state index in [0.717, 1.165) is 45.3 Å². The first-order valence-electron chi connectivity index (χ1n) is 7.91. The fraction of sp³-hybridized carbons (Fsp3) is 0.929. The Morgan fingerprint density at radius 3 is 2.62 bits per heavy atom. The third-order valence-corrected chi connectivity index (χ3v) is 5.80. The molecule has 1 saturated carbocycles. The van der Waals surface area contributed by atoms with Crippen LogP contribution in [0.2, 0.25) is 0 Å². The lowest BCUT2D eigenvalue weighted by Gasteiger charge is -2.30. The van der Waals surface area contributed by atoms with E-state index >= 15 is 0 Å². The van der Waals surface area contributed by atoms with Crippen molar-refractivity contribution in [2.75, 3.05) is 31.9 Å². The second-order valence-corrected chi connectivity index (χ2v) is 8.13. The summed E-state index contributed by atoms with van der Waals surface area (Å²) < 4.78 is 25.5. The summed E-state index contributed by atoms with van der Waals surface area (Å²) in [5, 5.41) is 0. The predicted octanol–water partition coefficient (Wildman–Crippen LogP) is 0.401. The van der Waals surface area contributed by atoms with Crippen LogP contribution < -0.4 is 4.72 Å². The summed E-state index contributed by atoms with van der Waals surface area (Å²) in [6.07, 6.45) is 4.48. The van der Waals surface area contributed by atoms with Crippen molar-refractivity contribution in [2.45, 2.75) is 51.6 Å². The zero-order valence-electron chi connectivity index (χ0n) is 13.0. The monoisotopic (exact) mass is 317 g/mol. The molecule has 2 rings (SSSR count). The van der Waals surface area contributed by atoms with Crippen LogP contribution in [0.15, 0.2) is 0 Å². The van der Waals surface area contributed by atoms with Crippen LogP contribution in [0.25, 0.3) is 0 Å². The molecule has 7 heteroatoms. The normalized spacial score (nSPS) is 23.4. The molecule has 2 fully saturated rings. The van der Waals surface area contributed by atoms with Gasteiger partial charge in [0.1, 0.15) is 0 Å². The summed E-state index contributed by atoms with van der Waals surface area (Å²) >= 11 is 0. The minimum atomic E-state index is -3.11. The van der Waals surface area contributed by atoms with Gasteiger partial charge in [-0.25, -0.2) is 13.1 Å². The molecule has 0 aromatic carbocycles. The standard InChI is InChI=1S/C14H27N3O3S/c1-3-21(19,20)15-8-10-16-9-4-5-14(16)11-17(12(2)18)13-6-7-13/h13-15H,3-11H2,1-2H3/t14-/m1/s1. The number of carbonyl (C=O) groups excluding carboxylic acids is 1. The molecule has 0 spiro atoms. The van der Waals surface area contributed by atoms with E-state index in [1.807, 2.05) is 4.90 Å². The Labute approximate surface area is 127 Å². The fourth-order valence-corrected chi connectivity index (χ4v) is 3.60. The Morgan fingerprint density at radius 2 is 2.05 bits per heavy atom. The van der Waals surface area contributed by atoms with Gasteiger partial charge in [-0.1, -0.05) is 0 Å². The molecule has 6 nitrogen and oxygen atoms in total. The number of nitrogens with zero attached hydrogens (tertiary/aromatic N) is 2. The second kappa shape index (κ2) is 7.07. The Bertz CT molecular complexity index is 462. The summed E-state index contributed by atoms with van der Waals surface area (Å²) in [4.78, 5) is 16.0. The topological polar surface area (TPSA) is 69.7 Å². The van der Waals surface area contributed by atoms with Crippen molar-refractivity contribution in [1.82, 2.24) is 14.5 Å². The van der Waals surface area contributed by atoms with E-state index < -0.39 is 10.0 Å². The number of amides is 1. The quantitative estimate of drug-likeness (QED) is 0.703. The highest BCUT2D eigenvalue weighted by molar-refractivity contribution is 7.89. The first-order valence-corrected chi connectivity index (χ1v) is 9.56. The van der Waals surface area contributed by atoms with E-state index in [4.69, 9.17) is 0 Å². The lowest BCUT2D eigenvalue weighted by molar-refractivity contribution is -0.130. The molecule has 1 aliphatic carbocycles. The van der Waals surface area contributed by atoms with Gasteiger partial charge in [-0.2, -0.15) is 0 Å². The molecular weight excluding hydrogens is 290 g/mol. The van der Waals surface area contributed by atoms with Crippen molar-refractivity contribution in [3.05, 3.63) is 0 Å². The molecule has 0 aromatic rings. The van der Waals surface area contributed by atoms with Crippen molar-refractivity contribution in [3.63, 3.8) is 0 Å². The number of sulfonamides is 1. The van der Waals surface area contributed by atoms with Crippen molar-refractivity contribution in [3.8, 4) is 0 Å². The van der Waals surface area contributed by atoms with E-state index in [2.05, 4.69) is 9.62 Å². The highest BCUT2D eigenvalue weighted by atomic mass is 32.2. The van der Waals surface area contributed by atoms with Gasteiger partial charge >= 0.3 is 0 Å². The van der Waals surface area contributed by atoms with Crippen LogP contribution in [0.1, 0.15) is 39.5 Å². The smallest absolute Gasteiger partial charge is 0.219 e. The van der Waals surface area contributed by atoms with Gasteiger partial charge in [-0.05, 0) is 39.2 Å². The highest BCUT2D eigenvalue weighted by Gasteiger charge is 2.34. The van der Waals surface area contributed by atoms with Crippen molar-refractivity contribution >= 4 is 15.9 Å². The number of nitrogens with one attached hydrogen (secondary N) is 1. The lowest BCUT2D eigenvalue weighted by atomic mass is 10.2. The molecule has 1 heterocycles. The van der Waals surface area contributed by atoms with Crippen LogP contribution in [0.3, 0.4) is 0 Å². The number of likely N-dealkylation sites (tertiary alicyclic amines) is 1. The average molecular weight is 317 g/mol. The van der Waals surface area contributed by atoms with Crippen molar-refractivity contribution < 1.29 is 13.2 Å². The van der Waals surface area contributed by atoms with Crippen molar-refractivity contribution in [2.24, 2.45) is 0 Å². The molecule has 1 saturated heterocycles. The van der Waals surface area contributed by atoms with Crippen molar-refractivity contribution in [1.29, 1.82) is 0 Å². The van der Waals surface area contributed by atoms with Gasteiger partial charge in [0.2, 0.25) is 15.9 Å². The minimum absolute atomic E-state index is 0.121. The maximum Gasteiger partial charge on any atom is 0.219 e. The first-order chi connectivity index (χ1) is 9.93. The molecule has 0 aromatic heterocycles. The first kappa shape index (κ1) is 16.7. The Hall–Kier alpha value is -0.660. The summed E-state index contributed by atoms with van der Waals surface area (Å²) in [7, 11) is -3.11. The molecule has 1 atom stereocenters. The van der Waals surface area contributed by atoms with Gasteiger partial charge in [-0.15, -0.1) is 0 Å². The molecule has 0 radical (unpaired) electrons. The van der Waals surface area contributed by atoms with Gasteiger partial charge in [-0.3, -0.25) is 9.69 Å². The number of hydrogen-bond acceptors (Lipinski definition) is 4. The van der Waals surface area contributed by atoms with Gasteiger partial charge in [0.15, 0.2) is 0 Å². The zero-order chi connectivity index (χ0) is 15.5. The van der Waals surface area contributed by atoms with Gasteiger partial charge in [0, 0.05) is 38.6 Å². The third kappa shape index (κ3) is 4.93. The number of hydrogen-bond donors (Lipinski definition) is 1. The summed E-state index contributed by atoms with van der Waals surface area (Å²) in [5.74, 6) is 0.284. The van der Waals surface area contributed by atoms with Gasteiger partial charge in [0.05, 0.1) is 5.75 Å². The lowest BCUT2D eigenvalue weighted by Crippen LogP contribution is -2.45. The predicted molar refractivity (Wildman–Crippen MR) is 82.5 cm³/mol. The van der Waals surface area contributed by atoms with Crippen LogP contribution in [0.5, 0.6) is 0 Å². The Balaban J connectivity index is 1.81. The molecule has 0 unspecified atom stereocenters. The maximum absolute atomic E-state index is 11.7. The Morgan fingerprint density at radius 1 is 1.33 bits per heavy atom. The SMILES string of the molecule is CCS(=O)(=O)NCCN1CCC[C@@H]1CN(C(C)=O)C1CC1. The zero-order valence-corrected chi connectivity index (χ0v) is 13.9. The molecule has 122 valence electrons. The molecule has 21 heavy (non-hydrogen) atoms. The van der Waals surface area contributed by atoms with Crippen LogP contribution in [0.4, 0.5) is 0 Å². The number of rotatable bonds is 8. The molecule has 1 aliphatic heterocycles. The summed E-state index contributed by atoms with van der Waals surface area (Å²) in [6.45, 7) is 6.25. The van der Waals surface area contributed by atoms with Crippen LogP contribution >= 0.6 is 0 Å². The van der Waals surface area contributed by atoms with Crippen LogP contribution in [-0.2, 0) is 14.8 Å². The van der Waals surface area contributed by atoms with Crippen LogP contribution in [-0.4, -0.2) is 68.1 Å².